The minimum absolute atomic E-state index is 0. The Hall–Kier alpha value is -0.260. The summed E-state index contributed by atoms with van der Waals surface area (Å²) >= 11 is 0. The molecule has 0 aromatic heterocycles. The zero-order valence-corrected chi connectivity index (χ0v) is 13.4. The molecule has 0 amide bonds. The molecule has 1 rings (SSSR count). The number of halogens is 1. The molecule has 0 bridgehead atoms. The van der Waals surface area contributed by atoms with Gasteiger partial charge >= 0.3 is 0 Å². The maximum atomic E-state index is 5.91. The molecule has 1 aliphatic rings. The van der Waals surface area contributed by atoms with Crippen LogP contribution in [0.3, 0.4) is 0 Å². The van der Waals surface area contributed by atoms with Gasteiger partial charge in [0.05, 0.1) is 0 Å². The third kappa shape index (κ3) is 6.29. The second-order valence-corrected chi connectivity index (χ2v) is 4.27. The molecule has 0 saturated carbocycles. The highest BCUT2D eigenvalue weighted by molar-refractivity contribution is 14.0. The number of allylic oxidation sites excluding steroid dienone is 1. The van der Waals surface area contributed by atoms with Crippen LogP contribution < -0.4 is 5.73 Å². The second kappa shape index (κ2) is 9.74. The SMILES string of the molecule is CCN(CC)C(N)=NCCC1=CCCCC1.I. The van der Waals surface area contributed by atoms with E-state index in [0.29, 0.717) is 5.96 Å². The molecule has 0 radical (unpaired) electrons. The molecule has 2 N–H and O–H groups in total. The molecule has 0 aromatic rings. The molecule has 1 aliphatic carbocycles. The van der Waals surface area contributed by atoms with Gasteiger partial charge in [-0.05, 0) is 46.0 Å². The van der Waals surface area contributed by atoms with Crippen molar-refractivity contribution < 1.29 is 0 Å². The first kappa shape index (κ1) is 16.7. The van der Waals surface area contributed by atoms with Gasteiger partial charge in [-0.25, -0.2) is 0 Å². The first-order chi connectivity index (χ1) is 7.77. The largest absolute Gasteiger partial charge is 0.370 e. The number of guanidine groups is 1. The van der Waals surface area contributed by atoms with Crippen LogP contribution in [0.5, 0.6) is 0 Å². The van der Waals surface area contributed by atoms with Gasteiger partial charge in [0.2, 0.25) is 0 Å². The van der Waals surface area contributed by atoms with Crippen molar-refractivity contribution in [3.63, 3.8) is 0 Å². The van der Waals surface area contributed by atoms with Gasteiger partial charge in [-0.2, -0.15) is 0 Å². The lowest BCUT2D eigenvalue weighted by Gasteiger charge is -2.19. The van der Waals surface area contributed by atoms with Crippen LogP contribution >= 0.6 is 24.0 Å². The lowest BCUT2D eigenvalue weighted by Crippen LogP contribution is -2.37. The van der Waals surface area contributed by atoms with E-state index in [1.54, 1.807) is 5.57 Å². The van der Waals surface area contributed by atoms with E-state index in [4.69, 9.17) is 5.73 Å². The van der Waals surface area contributed by atoms with Crippen molar-refractivity contribution >= 4 is 29.9 Å². The van der Waals surface area contributed by atoms with Gasteiger partial charge < -0.3 is 10.6 Å². The standard InChI is InChI=1S/C13H25N3.HI/c1-3-16(4-2)13(14)15-11-10-12-8-6-5-7-9-12;/h8H,3-7,9-11H2,1-2H3,(H2,14,15);1H. The highest BCUT2D eigenvalue weighted by Gasteiger charge is 2.04. The van der Waals surface area contributed by atoms with Crippen LogP contribution in [-0.2, 0) is 0 Å². The first-order valence-corrected chi connectivity index (χ1v) is 6.50. The minimum atomic E-state index is 0. The maximum Gasteiger partial charge on any atom is 0.191 e. The third-order valence-corrected chi connectivity index (χ3v) is 3.18. The molecular weight excluding hydrogens is 325 g/mol. The number of hydrogen-bond acceptors (Lipinski definition) is 1. The summed E-state index contributed by atoms with van der Waals surface area (Å²) in [6.45, 7) is 6.93. The lowest BCUT2D eigenvalue weighted by molar-refractivity contribution is 0.458. The Kier molecular flexibility index (Phi) is 9.59. The average Bonchev–Trinajstić information content (AvgIpc) is 2.32. The topological polar surface area (TPSA) is 41.6 Å². The van der Waals surface area contributed by atoms with Crippen molar-refractivity contribution in [2.24, 2.45) is 10.7 Å². The Morgan fingerprint density at radius 3 is 2.59 bits per heavy atom. The van der Waals surface area contributed by atoms with E-state index in [-0.39, 0.29) is 24.0 Å². The fourth-order valence-electron chi connectivity index (χ4n) is 2.09. The molecule has 0 unspecified atom stereocenters. The van der Waals surface area contributed by atoms with Crippen LogP contribution in [-0.4, -0.2) is 30.5 Å². The number of aliphatic imine (C=N–C) groups is 1. The van der Waals surface area contributed by atoms with Crippen molar-refractivity contribution in [3.8, 4) is 0 Å². The van der Waals surface area contributed by atoms with Crippen molar-refractivity contribution in [1.29, 1.82) is 0 Å². The highest BCUT2D eigenvalue weighted by atomic mass is 127. The second-order valence-electron chi connectivity index (χ2n) is 4.27. The zero-order valence-electron chi connectivity index (χ0n) is 11.1. The Morgan fingerprint density at radius 2 is 2.06 bits per heavy atom. The van der Waals surface area contributed by atoms with E-state index in [2.05, 4.69) is 29.8 Å². The zero-order chi connectivity index (χ0) is 11.8. The van der Waals surface area contributed by atoms with Crippen molar-refractivity contribution in [1.82, 2.24) is 4.90 Å². The maximum absolute atomic E-state index is 5.91. The fourth-order valence-corrected chi connectivity index (χ4v) is 2.09. The number of nitrogens with two attached hydrogens (primary N) is 1. The van der Waals surface area contributed by atoms with Crippen LogP contribution in [0.1, 0.15) is 46.0 Å². The highest BCUT2D eigenvalue weighted by Crippen LogP contribution is 2.19. The predicted molar refractivity (Wildman–Crippen MR) is 86.0 cm³/mol. The molecule has 17 heavy (non-hydrogen) atoms. The Balaban J connectivity index is 0.00000256. The molecule has 100 valence electrons. The van der Waals surface area contributed by atoms with Gasteiger partial charge in [-0.15, -0.1) is 24.0 Å². The normalized spacial score (nSPS) is 16.1. The van der Waals surface area contributed by atoms with E-state index < -0.39 is 0 Å². The summed E-state index contributed by atoms with van der Waals surface area (Å²) in [4.78, 5) is 6.53. The van der Waals surface area contributed by atoms with Crippen LogP contribution in [0.25, 0.3) is 0 Å². The van der Waals surface area contributed by atoms with E-state index in [1.165, 1.54) is 25.7 Å². The summed E-state index contributed by atoms with van der Waals surface area (Å²) < 4.78 is 0. The van der Waals surface area contributed by atoms with E-state index >= 15 is 0 Å². The smallest absolute Gasteiger partial charge is 0.191 e. The summed E-state index contributed by atoms with van der Waals surface area (Å²) in [5.41, 5.74) is 7.48. The fraction of sp³-hybridized carbons (Fsp3) is 0.769. The monoisotopic (exact) mass is 351 g/mol. The molecule has 0 aromatic carbocycles. The summed E-state index contributed by atoms with van der Waals surface area (Å²) in [5, 5.41) is 0. The molecule has 4 heteroatoms. The molecule has 0 saturated heterocycles. The third-order valence-electron chi connectivity index (χ3n) is 3.18. The van der Waals surface area contributed by atoms with Crippen molar-refractivity contribution in [3.05, 3.63) is 11.6 Å². The quantitative estimate of drug-likeness (QED) is 0.358. The van der Waals surface area contributed by atoms with Gasteiger partial charge in [-0.1, -0.05) is 11.6 Å². The summed E-state index contributed by atoms with van der Waals surface area (Å²) in [6, 6.07) is 0. The number of rotatable bonds is 5. The Bertz CT molecular complexity index is 257. The lowest BCUT2D eigenvalue weighted by atomic mass is 9.97. The van der Waals surface area contributed by atoms with Gasteiger partial charge in [-0.3, -0.25) is 4.99 Å². The average molecular weight is 351 g/mol. The molecule has 0 fully saturated rings. The van der Waals surface area contributed by atoms with E-state index in [0.717, 1.165) is 26.1 Å². The number of hydrogen-bond donors (Lipinski definition) is 1. The minimum Gasteiger partial charge on any atom is -0.370 e. The molecule has 0 spiro atoms. The van der Waals surface area contributed by atoms with Crippen LogP contribution in [0.15, 0.2) is 16.6 Å². The molecule has 0 heterocycles. The Labute approximate surface area is 123 Å². The first-order valence-electron chi connectivity index (χ1n) is 6.50. The molecule has 0 aliphatic heterocycles. The van der Waals surface area contributed by atoms with E-state index in [1.807, 2.05) is 0 Å². The molecular formula is C13H26IN3. The summed E-state index contributed by atoms with van der Waals surface area (Å²) in [5.74, 6) is 0.696. The van der Waals surface area contributed by atoms with Gasteiger partial charge in [0.25, 0.3) is 0 Å². The van der Waals surface area contributed by atoms with Crippen LogP contribution in [0.2, 0.25) is 0 Å². The molecule has 0 atom stereocenters. The van der Waals surface area contributed by atoms with Crippen molar-refractivity contribution in [2.75, 3.05) is 19.6 Å². The Morgan fingerprint density at radius 1 is 1.35 bits per heavy atom. The van der Waals surface area contributed by atoms with Gasteiger partial charge in [0.15, 0.2) is 5.96 Å². The molecule has 3 nitrogen and oxygen atoms in total. The van der Waals surface area contributed by atoms with E-state index in [9.17, 15) is 0 Å². The van der Waals surface area contributed by atoms with Crippen LogP contribution in [0.4, 0.5) is 0 Å². The van der Waals surface area contributed by atoms with Crippen LogP contribution in [0, 0.1) is 0 Å². The van der Waals surface area contributed by atoms with Gasteiger partial charge in [0, 0.05) is 19.6 Å². The predicted octanol–water partition coefficient (Wildman–Crippen LogP) is 3.15. The summed E-state index contributed by atoms with van der Waals surface area (Å²) in [7, 11) is 0. The van der Waals surface area contributed by atoms with Gasteiger partial charge in [0.1, 0.15) is 0 Å². The number of nitrogens with zero attached hydrogens (tertiary/aromatic N) is 2. The summed E-state index contributed by atoms with van der Waals surface area (Å²) in [6.07, 6.45) is 8.69. The van der Waals surface area contributed by atoms with Crippen molar-refractivity contribution in [2.45, 2.75) is 46.0 Å².